The molecular weight excluding hydrogens is 268 g/mol. The Bertz CT molecular complexity index is 644. The first-order valence-electron chi connectivity index (χ1n) is 5.58. The van der Waals surface area contributed by atoms with Gasteiger partial charge >= 0.3 is 11.8 Å². The molecule has 0 spiro atoms. The average Bonchev–Trinajstić information content (AvgIpc) is 2.44. The lowest BCUT2D eigenvalue weighted by molar-refractivity contribution is -0.139. The molecule has 0 aliphatic heterocycles. The van der Waals surface area contributed by atoms with Crippen LogP contribution >= 0.6 is 0 Å². The van der Waals surface area contributed by atoms with Crippen molar-refractivity contribution in [1.29, 1.82) is 0 Å². The Morgan fingerprint density at radius 2 is 2.05 bits per heavy atom. The molecule has 10 nitrogen and oxygen atoms in total. The maximum Gasteiger partial charge on any atom is 0.330 e. The Morgan fingerprint density at radius 3 is 2.70 bits per heavy atom. The molecule has 0 bridgehead atoms. The molecule has 0 fully saturated rings. The van der Waals surface area contributed by atoms with Crippen LogP contribution in [0.3, 0.4) is 0 Å². The minimum Gasteiger partial charge on any atom is -0.286 e. The number of nitrogens with zero attached hydrogens (tertiary/aromatic N) is 2. The Hall–Kier alpha value is -2.75. The third kappa shape index (κ3) is 4.49. The highest BCUT2D eigenvalue weighted by atomic mass is 16.2. The topological polar surface area (TPSA) is 151 Å². The predicted octanol–water partition coefficient (Wildman–Crippen LogP) is -2.59. The summed E-state index contributed by atoms with van der Waals surface area (Å²) in [4.78, 5) is 44.3. The van der Waals surface area contributed by atoms with Gasteiger partial charge in [-0.1, -0.05) is 0 Å². The van der Waals surface area contributed by atoms with E-state index in [1.54, 1.807) is 12.3 Å². The smallest absolute Gasteiger partial charge is 0.286 e. The number of aromatic nitrogens is 2. The first-order chi connectivity index (χ1) is 9.43. The van der Waals surface area contributed by atoms with Crippen LogP contribution in [0.1, 0.15) is 13.3 Å². The van der Waals surface area contributed by atoms with Crippen molar-refractivity contribution < 1.29 is 9.59 Å². The maximum absolute atomic E-state index is 11.4. The number of nitrogens with two attached hydrogens (primary N) is 1. The van der Waals surface area contributed by atoms with Gasteiger partial charge in [-0.05, 0) is 6.92 Å². The van der Waals surface area contributed by atoms with Crippen LogP contribution in [0.5, 0.6) is 0 Å². The molecule has 1 heterocycles. The van der Waals surface area contributed by atoms with Gasteiger partial charge in [0, 0.05) is 30.8 Å². The van der Waals surface area contributed by atoms with E-state index in [2.05, 4.69) is 10.2 Å². The van der Waals surface area contributed by atoms with Gasteiger partial charge in [0.1, 0.15) is 0 Å². The molecule has 5 N–H and O–H groups in total. The fourth-order valence-corrected chi connectivity index (χ4v) is 1.22. The number of hydrazine groups is 1. The Morgan fingerprint density at radius 1 is 1.35 bits per heavy atom. The Kier molecular flexibility index (Phi) is 5.35. The van der Waals surface area contributed by atoms with E-state index >= 15 is 0 Å². The monoisotopic (exact) mass is 282 g/mol. The van der Waals surface area contributed by atoms with Gasteiger partial charge in [-0.15, -0.1) is 0 Å². The number of hydrazone groups is 1. The van der Waals surface area contributed by atoms with Gasteiger partial charge in [-0.2, -0.15) is 5.10 Å². The summed E-state index contributed by atoms with van der Waals surface area (Å²) in [6, 6.07) is 2.28. The number of amides is 2. The molecule has 2 amide bonds. The average molecular weight is 282 g/mol. The van der Waals surface area contributed by atoms with E-state index in [0.29, 0.717) is 12.1 Å². The fraction of sp³-hybridized carbons (Fsp3) is 0.300. The van der Waals surface area contributed by atoms with Gasteiger partial charge in [-0.3, -0.25) is 29.7 Å². The number of rotatable bonds is 4. The molecule has 0 radical (unpaired) electrons. The highest BCUT2D eigenvalue weighted by Crippen LogP contribution is 1.87. The predicted molar refractivity (Wildman–Crippen MR) is 69.5 cm³/mol. The molecule has 0 unspecified atom stereocenters. The third-order valence-corrected chi connectivity index (χ3v) is 2.27. The fourth-order valence-electron chi connectivity index (χ4n) is 1.22. The number of carbonyl (C=O) groups excluding carboxylic acids is 2. The molecular formula is C10H14N6O4. The SMILES string of the molecule is C/C(CCn1[nH]c(=O)ccc1=O)=N\NC(=O)C(=O)NN. The van der Waals surface area contributed by atoms with Crippen LogP contribution in [-0.4, -0.2) is 27.3 Å². The van der Waals surface area contributed by atoms with E-state index in [0.717, 1.165) is 16.8 Å². The molecule has 0 aliphatic rings. The van der Waals surface area contributed by atoms with Crippen molar-refractivity contribution in [3.63, 3.8) is 0 Å². The highest BCUT2D eigenvalue weighted by molar-refractivity contribution is 6.34. The van der Waals surface area contributed by atoms with Crippen LogP contribution < -0.4 is 27.8 Å². The molecule has 0 aliphatic carbocycles. The number of H-pyrrole nitrogens is 1. The molecule has 0 saturated carbocycles. The van der Waals surface area contributed by atoms with E-state index < -0.39 is 17.4 Å². The summed E-state index contributed by atoms with van der Waals surface area (Å²) in [7, 11) is 0. The van der Waals surface area contributed by atoms with E-state index in [1.807, 2.05) is 5.43 Å². The van der Waals surface area contributed by atoms with E-state index in [9.17, 15) is 19.2 Å². The quantitative estimate of drug-likeness (QED) is 0.157. The van der Waals surface area contributed by atoms with Gasteiger partial charge in [0.2, 0.25) is 0 Å². The van der Waals surface area contributed by atoms with Crippen LogP contribution in [0.25, 0.3) is 0 Å². The van der Waals surface area contributed by atoms with Crippen molar-refractivity contribution in [2.45, 2.75) is 19.9 Å². The summed E-state index contributed by atoms with van der Waals surface area (Å²) in [5.74, 6) is 2.74. The molecule has 0 saturated heterocycles. The second kappa shape index (κ2) is 6.99. The van der Waals surface area contributed by atoms with Crippen molar-refractivity contribution in [2.24, 2.45) is 10.9 Å². The number of carbonyl (C=O) groups is 2. The van der Waals surface area contributed by atoms with Crippen molar-refractivity contribution in [3.05, 3.63) is 32.8 Å². The summed E-state index contributed by atoms with van der Waals surface area (Å²) in [5, 5.41) is 6.00. The lowest BCUT2D eigenvalue weighted by atomic mass is 10.3. The zero-order valence-electron chi connectivity index (χ0n) is 10.7. The second-order valence-electron chi connectivity index (χ2n) is 3.81. The van der Waals surface area contributed by atoms with Crippen LogP contribution in [-0.2, 0) is 16.1 Å². The van der Waals surface area contributed by atoms with Crippen molar-refractivity contribution in [1.82, 2.24) is 20.6 Å². The molecule has 1 rings (SSSR count). The first kappa shape index (κ1) is 15.3. The van der Waals surface area contributed by atoms with Crippen LogP contribution in [0.15, 0.2) is 26.8 Å². The number of aromatic amines is 1. The number of hydrogen-bond donors (Lipinski definition) is 4. The summed E-state index contributed by atoms with van der Waals surface area (Å²) in [5.41, 5.74) is 3.35. The summed E-state index contributed by atoms with van der Waals surface area (Å²) >= 11 is 0. The lowest BCUT2D eigenvalue weighted by Gasteiger charge is -2.04. The minimum absolute atomic E-state index is 0.184. The van der Waals surface area contributed by atoms with Gasteiger partial charge in [0.25, 0.3) is 11.1 Å². The second-order valence-corrected chi connectivity index (χ2v) is 3.81. The first-order valence-corrected chi connectivity index (χ1v) is 5.58. The van der Waals surface area contributed by atoms with E-state index in [1.165, 1.54) is 0 Å². The van der Waals surface area contributed by atoms with Gasteiger partial charge < -0.3 is 0 Å². The van der Waals surface area contributed by atoms with Gasteiger partial charge in [0.15, 0.2) is 0 Å². The molecule has 0 aromatic carbocycles. The molecule has 108 valence electrons. The zero-order valence-corrected chi connectivity index (χ0v) is 10.7. The minimum atomic E-state index is -1.02. The van der Waals surface area contributed by atoms with Crippen molar-refractivity contribution >= 4 is 17.5 Å². The Balaban J connectivity index is 2.59. The van der Waals surface area contributed by atoms with Crippen molar-refractivity contribution in [2.75, 3.05) is 0 Å². The van der Waals surface area contributed by atoms with E-state index in [-0.39, 0.29) is 12.1 Å². The summed E-state index contributed by atoms with van der Waals surface area (Å²) in [6.45, 7) is 1.77. The molecule has 10 heteroatoms. The Labute approximate surface area is 112 Å². The number of aryl methyl sites for hydroxylation is 1. The van der Waals surface area contributed by atoms with Crippen molar-refractivity contribution in [3.8, 4) is 0 Å². The molecule has 1 aromatic rings. The molecule has 1 aromatic heterocycles. The molecule has 0 atom stereocenters. The largest absolute Gasteiger partial charge is 0.330 e. The van der Waals surface area contributed by atoms with Gasteiger partial charge in [0.05, 0.1) is 0 Å². The number of hydrogen-bond acceptors (Lipinski definition) is 6. The van der Waals surface area contributed by atoms with Gasteiger partial charge in [-0.25, -0.2) is 16.0 Å². The lowest BCUT2D eigenvalue weighted by Crippen LogP contribution is -2.41. The standard InChI is InChI=1S/C10H14N6O4/c1-6(13-14-10(20)9(19)12-11)4-5-16-8(18)3-2-7(17)15-16/h2-3H,4-5,11H2,1H3,(H,12,19)(H,14,20)(H,15,17)/b13-6+. The van der Waals surface area contributed by atoms with E-state index in [4.69, 9.17) is 5.84 Å². The normalized spacial score (nSPS) is 11.0. The third-order valence-electron chi connectivity index (χ3n) is 2.27. The van der Waals surface area contributed by atoms with Crippen LogP contribution in [0.2, 0.25) is 0 Å². The summed E-state index contributed by atoms with van der Waals surface area (Å²) < 4.78 is 1.12. The zero-order chi connectivity index (χ0) is 15.1. The highest BCUT2D eigenvalue weighted by Gasteiger charge is 2.10. The number of nitrogens with one attached hydrogen (secondary N) is 3. The summed E-state index contributed by atoms with van der Waals surface area (Å²) in [6.07, 6.45) is 0.296. The van der Waals surface area contributed by atoms with Crippen LogP contribution in [0, 0.1) is 0 Å². The maximum atomic E-state index is 11.4. The van der Waals surface area contributed by atoms with Crippen LogP contribution in [0.4, 0.5) is 0 Å². The molecule has 20 heavy (non-hydrogen) atoms.